The van der Waals surface area contributed by atoms with Crippen LogP contribution >= 0.6 is 11.8 Å². The number of Topliss-reactive ketones (excluding diaryl/α,β-unsaturated/α-hetero) is 1. The van der Waals surface area contributed by atoms with Crippen LogP contribution in [0.2, 0.25) is 0 Å². The summed E-state index contributed by atoms with van der Waals surface area (Å²) in [5, 5.41) is 3.89. The highest BCUT2D eigenvalue weighted by Gasteiger charge is 2.28. The summed E-state index contributed by atoms with van der Waals surface area (Å²) in [4.78, 5) is 16.7. The number of halogens is 1. The lowest BCUT2D eigenvalue weighted by Gasteiger charge is -2.16. The van der Waals surface area contributed by atoms with E-state index in [0.29, 0.717) is 28.8 Å². The van der Waals surface area contributed by atoms with Crippen LogP contribution in [0.3, 0.4) is 0 Å². The third kappa shape index (κ3) is 3.32. The van der Waals surface area contributed by atoms with Crippen molar-refractivity contribution in [3.63, 3.8) is 0 Å². The lowest BCUT2D eigenvalue weighted by atomic mass is 9.88. The second kappa shape index (κ2) is 6.39. The molecular weight excluding hydrogens is 291 g/mol. The zero-order valence-electron chi connectivity index (χ0n) is 11.4. The SMILES string of the molecule is O=C1CCCCC1c1nc(CSc2ccccc2F)no1. The van der Waals surface area contributed by atoms with Crippen molar-refractivity contribution in [1.82, 2.24) is 10.1 Å². The molecule has 1 atom stereocenters. The van der Waals surface area contributed by atoms with Gasteiger partial charge in [-0.05, 0) is 25.0 Å². The standard InChI is InChI=1S/C15H15FN2O2S/c16-11-6-2-4-8-13(11)21-9-14-17-15(20-18-14)10-5-1-3-7-12(10)19/h2,4,6,8,10H,1,3,5,7,9H2. The van der Waals surface area contributed by atoms with Crippen molar-refractivity contribution in [2.24, 2.45) is 0 Å². The fraction of sp³-hybridized carbons (Fsp3) is 0.400. The molecule has 21 heavy (non-hydrogen) atoms. The average Bonchev–Trinajstić information content (AvgIpc) is 2.96. The number of rotatable bonds is 4. The molecule has 2 aromatic rings. The summed E-state index contributed by atoms with van der Waals surface area (Å²) in [6.07, 6.45) is 3.32. The van der Waals surface area contributed by atoms with E-state index in [-0.39, 0.29) is 17.5 Å². The number of aromatic nitrogens is 2. The summed E-state index contributed by atoms with van der Waals surface area (Å²) in [6.45, 7) is 0. The molecule has 0 aliphatic heterocycles. The number of hydrogen-bond donors (Lipinski definition) is 0. The number of carbonyl (C=O) groups is 1. The van der Waals surface area contributed by atoms with E-state index >= 15 is 0 Å². The summed E-state index contributed by atoms with van der Waals surface area (Å²) in [5.41, 5.74) is 0. The molecule has 3 rings (SSSR count). The minimum atomic E-state index is -0.256. The van der Waals surface area contributed by atoms with Gasteiger partial charge in [-0.2, -0.15) is 4.98 Å². The zero-order chi connectivity index (χ0) is 14.7. The Bertz CT molecular complexity index is 644. The first-order chi connectivity index (χ1) is 10.2. The van der Waals surface area contributed by atoms with Crippen molar-refractivity contribution in [3.05, 3.63) is 41.8 Å². The summed E-state index contributed by atoms with van der Waals surface area (Å²) in [7, 11) is 0. The topological polar surface area (TPSA) is 56.0 Å². The fourth-order valence-corrected chi connectivity index (χ4v) is 3.20. The Morgan fingerprint density at radius 3 is 3.00 bits per heavy atom. The Kier molecular flexibility index (Phi) is 4.34. The highest BCUT2D eigenvalue weighted by Crippen LogP contribution is 2.30. The lowest BCUT2D eigenvalue weighted by molar-refractivity contribution is -0.122. The molecule has 0 saturated heterocycles. The normalized spacial score (nSPS) is 18.9. The molecule has 1 aliphatic rings. The molecule has 0 spiro atoms. The van der Waals surface area contributed by atoms with E-state index in [1.807, 2.05) is 0 Å². The van der Waals surface area contributed by atoms with Crippen LogP contribution in [-0.4, -0.2) is 15.9 Å². The van der Waals surface area contributed by atoms with Gasteiger partial charge in [0.25, 0.3) is 0 Å². The van der Waals surface area contributed by atoms with Crippen molar-refractivity contribution in [1.29, 1.82) is 0 Å². The van der Waals surface area contributed by atoms with Crippen LogP contribution in [0.25, 0.3) is 0 Å². The van der Waals surface area contributed by atoms with Crippen molar-refractivity contribution in [3.8, 4) is 0 Å². The van der Waals surface area contributed by atoms with Crippen LogP contribution in [0.1, 0.15) is 43.3 Å². The van der Waals surface area contributed by atoms with Crippen LogP contribution in [0.4, 0.5) is 4.39 Å². The number of carbonyl (C=O) groups excluding carboxylic acids is 1. The van der Waals surface area contributed by atoms with Gasteiger partial charge < -0.3 is 4.52 Å². The van der Waals surface area contributed by atoms with Gasteiger partial charge in [-0.3, -0.25) is 4.79 Å². The Labute approximate surface area is 126 Å². The predicted octanol–water partition coefficient (Wildman–Crippen LogP) is 3.73. The smallest absolute Gasteiger partial charge is 0.237 e. The molecule has 1 heterocycles. The summed E-state index contributed by atoms with van der Waals surface area (Å²) in [6, 6.07) is 6.57. The number of thioether (sulfide) groups is 1. The van der Waals surface area contributed by atoms with Gasteiger partial charge in [-0.15, -0.1) is 11.8 Å². The molecule has 1 aromatic carbocycles. The lowest BCUT2D eigenvalue weighted by Crippen LogP contribution is -2.17. The zero-order valence-corrected chi connectivity index (χ0v) is 12.2. The Morgan fingerprint density at radius 2 is 2.19 bits per heavy atom. The third-order valence-electron chi connectivity index (χ3n) is 3.53. The van der Waals surface area contributed by atoms with E-state index in [0.717, 1.165) is 19.3 Å². The molecule has 6 heteroatoms. The van der Waals surface area contributed by atoms with E-state index < -0.39 is 0 Å². The molecule has 1 aliphatic carbocycles. The number of ketones is 1. The van der Waals surface area contributed by atoms with Crippen LogP contribution in [-0.2, 0) is 10.5 Å². The first kappa shape index (κ1) is 14.3. The molecule has 0 amide bonds. The Morgan fingerprint density at radius 1 is 1.33 bits per heavy atom. The van der Waals surface area contributed by atoms with Crippen molar-refractivity contribution >= 4 is 17.5 Å². The van der Waals surface area contributed by atoms with Crippen molar-refractivity contribution in [2.45, 2.75) is 42.2 Å². The summed E-state index contributed by atoms with van der Waals surface area (Å²) in [5.74, 6) is 0.997. The number of nitrogens with zero attached hydrogens (tertiary/aromatic N) is 2. The maximum Gasteiger partial charge on any atom is 0.237 e. The van der Waals surface area contributed by atoms with E-state index in [2.05, 4.69) is 10.1 Å². The molecule has 110 valence electrons. The van der Waals surface area contributed by atoms with Crippen molar-refractivity contribution < 1.29 is 13.7 Å². The maximum atomic E-state index is 13.5. The Balaban J connectivity index is 1.65. The minimum absolute atomic E-state index is 0.179. The monoisotopic (exact) mass is 306 g/mol. The van der Waals surface area contributed by atoms with Gasteiger partial charge in [-0.25, -0.2) is 4.39 Å². The molecule has 0 bridgehead atoms. The quantitative estimate of drug-likeness (QED) is 0.806. The largest absolute Gasteiger partial charge is 0.339 e. The van der Waals surface area contributed by atoms with Gasteiger partial charge in [0.05, 0.1) is 11.7 Å². The highest BCUT2D eigenvalue weighted by molar-refractivity contribution is 7.98. The Hall–Kier alpha value is -1.69. The molecule has 1 aromatic heterocycles. The van der Waals surface area contributed by atoms with E-state index in [9.17, 15) is 9.18 Å². The molecule has 0 N–H and O–H groups in total. The van der Waals surface area contributed by atoms with Gasteiger partial charge >= 0.3 is 0 Å². The minimum Gasteiger partial charge on any atom is -0.339 e. The maximum absolute atomic E-state index is 13.5. The average molecular weight is 306 g/mol. The van der Waals surface area contributed by atoms with Crippen LogP contribution in [0.15, 0.2) is 33.7 Å². The molecular formula is C15H15FN2O2S. The molecule has 1 saturated carbocycles. The van der Waals surface area contributed by atoms with Gasteiger partial charge in [-0.1, -0.05) is 23.7 Å². The first-order valence-electron chi connectivity index (χ1n) is 6.96. The second-order valence-corrected chi connectivity index (χ2v) is 6.05. The number of hydrogen-bond acceptors (Lipinski definition) is 5. The molecule has 1 unspecified atom stereocenters. The molecule has 4 nitrogen and oxygen atoms in total. The highest BCUT2D eigenvalue weighted by atomic mass is 32.2. The van der Waals surface area contributed by atoms with Gasteiger partial charge in [0.15, 0.2) is 5.82 Å². The van der Waals surface area contributed by atoms with Crippen LogP contribution in [0.5, 0.6) is 0 Å². The third-order valence-corrected chi connectivity index (χ3v) is 4.57. The first-order valence-corrected chi connectivity index (χ1v) is 7.95. The summed E-state index contributed by atoms with van der Waals surface area (Å²) < 4.78 is 18.7. The van der Waals surface area contributed by atoms with E-state index in [1.165, 1.54) is 17.8 Å². The predicted molar refractivity (Wildman–Crippen MR) is 76.5 cm³/mol. The number of benzene rings is 1. The molecule has 0 radical (unpaired) electrons. The van der Waals surface area contributed by atoms with Crippen LogP contribution < -0.4 is 0 Å². The van der Waals surface area contributed by atoms with Crippen molar-refractivity contribution in [2.75, 3.05) is 0 Å². The van der Waals surface area contributed by atoms with Gasteiger partial charge in [0, 0.05) is 11.3 Å². The molecule has 1 fully saturated rings. The van der Waals surface area contributed by atoms with Crippen LogP contribution in [0, 0.1) is 5.82 Å². The van der Waals surface area contributed by atoms with E-state index in [4.69, 9.17) is 4.52 Å². The van der Waals surface area contributed by atoms with E-state index in [1.54, 1.807) is 18.2 Å². The summed E-state index contributed by atoms with van der Waals surface area (Å²) >= 11 is 1.32. The van der Waals surface area contributed by atoms with Gasteiger partial charge in [0.1, 0.15) is 11.6 Å². The second-order valence-electron chi connectivity index (χ2n) is 5.03. The fourth-order valence-electron chi connectivity index (χ4n) is 2.42. The van der Waals surface area contributed by atoms with Gasteiger partial charge in [0.2, 0.25) is 5.89 Å².